The quantitative estimate of drug-likeness (QED) is 0.753. The number of pyridine rings is 1. The fourth-order valence-corrected chi connectivity index (χ4v) is 2.57. The molecule has 1 heterocycles. The van der Waals surface area contributed by atoms with Crippen LogP contribution in [0.2, 0.25) is 0 Å². The summed E-state index contributed by atoms with van der Waals surface area (Å²) in [5.41, 5.74) is 2.88. The van der Waals surface area contributed by atoms with Crippen LogP contribution in [0.4, 0.5) is 0 Å². The van der Waals surface area contributed by atoms with Crippen molar-refractivity contribution in [2.45, 2.75) is 58.4 Å². The first kappa shape index (κ1) is 13.5. The molecule has 100 valence electrons. The van der Waals surface area contributed by atoms with Gasteiger partial charge < -0.3 is 5.32 Å². The molecule has 0 spiro atoms. The second-order valence-electron chi connectivity index (χ2n) is 5.46. The summed E-state index contributed by atoms with van der Waals surface area (Å²) in [7, 11) is 0. The van der Waals surface area contributed by atoms with Crippen molar-refractivity contribution < 1.29 is 0 Å². The highest BCUT2D eigenvalue weighted by Crippen LogP contribution is 2.36. The van der Waals surface area contributed by atoms with Crippen LogP contribution in [0.5, 0.6) is 0 Å². The van der Waals surface area contributed by atoms with Crippen molar-refractivity contribution in [2.24, 2.45) is 5.92 Å². The highest BCUT2D eigenvalue weighted by atomic mass is 14.9. The molecule has 0 aliphatic heterocycles. The minimum atomic E-state index is 0.531. The average Bonchev–Trinajstić information content (AvgIpc) is 3.23. The van der Waals surface area contributed by atoms with Crippen molar-refractivity contribution in [2.75, 3.05) is 6.54 Å². The van der Waals surface area contributed by atoms with Gasteiger partial charge in [-0.2, -0.15) is 0 Å². The first-order chi connectivity index (χ1) is 8.85. The number of rotatable bonds is 8. The van der Waals surface area contributed by atoms with Crippen LogP contribution < -0.4 is 5.32 Å². The van der Waals surface area contributed by atoms with Gasteiger partial charge in [0.15, 0.2) is 0 Å². The van der Waals surface area contributed by atoms with E-state index in [4.69, 9.17) is 0 Å². The zero-order valence-electron chi connectivity index (χ0n) is 11.8. The van der Waals surface area contributed by atoms with Crippen molar-refractivity contribution in [1.29, 1.82) is 0 Å². The lowest BCUT2D eigenvalue weighted by atomic mass is 9.96. The van der Waals surface area contributed by atoms with Crippen LogP contribution >= 0.6 is 0 Å². The zero-order chi connectivity index (χ0) is 12.8. The molecule has 1 fully saturated rings. The highest BCUT2D eigenvalue weighted by molar-refractivity contribution is 5.26. The van der Waals surface area contributed by atoms with E-state index in [9.17, 15) is 0 Å². The average molecular weight is 246 g/mol. The fraction of sp³-hybridized carbons (Fsp3) is 0.688. The van der Waals surface area contributed by atoms with Crippen LogP contribution in [0, 0.1) is 5.92 Å². The molecular formula is C16H26N2. The highest BCUT2D eigenvalue weighted by Gasteiger charge is 2.23. The van der Waals surface area contributed by atoms with Gasteiger partial charge in [0.1, 0.15) is 0 Å². The van der Waals surface area contributed by atoms with Crippen molar-refractivity contribution in [3.05, 3.63) is 29.6 Å². The Labute approximate surface area is 111 Å². The predicted molar refractivity (Wildman–Crippen MR) is 76.6 cm³/mol. The Morgan fingerprint density at radius 3 is 2.89 bits per heavy atom. The molecule has 2 rings (SSSR count). The lowest BCUT2D eigenvalue weighted by Crippen LogP contribution is -2.23. The molecule has 0 radical (unpaired) electrons. The summed E-state index contributed by atoms with van der Waals surface area (Å²) in [6.45, 7) is 5.57. The third-order valence-electron chi connectivity index (χ3n) is 3.90. The summed E-state index contributed by atoms with van der Waals surface area (Å²) in [4.78, 5) is 4.26. The predicted octanol–water partition coefficient (Wildman–Crippen LogP) is 3.87. The SMILES string of the molecule is CCCNC(CCC1CC1)c1ccncc1CC. The Bertz CT molecular complexity index is 358. The second kappa shape index (κ2) is 6.89. The minimum absolute atomic E-state index is 0.531. The van der Waals surface area contributed by atoms with E-state index in [0.29, 0.717) is 6.04 Å². The Kier molecular flexibility index (Phi) is 5.18. The standard InChI is InChI=1S/C16H26N2/c1-3-10-18-16(8-7-13-5-6-13)15-9-11-17-12-14(15)4-2/h9,11-13,16,18H,3-8,10H2,1-2H3. The van der Waals surface area contributed by atoms with E-state index in [0.717, 1.165) is 18.9 Å². The van der Waals surface area contributed by atoms with Gasteiger partial charge in [-0.25, -0.2) is 0 Å². The molecule has 0 bridgehead atoms. The molecule has 18 heavy (non-hydrogen) atoms. The summed E-state index contributed by atoms with van der Waals surface area (Å²) < 4.78 is 0. The first-order valence-electron chi connectivity index (χ1n) is 7.51. The second-order valence-corrected chi connectivity index (χ2v) is 5.46. The molecule has 1 aliphatic carbocycles. The van der Waals surface area contributed by atoms with Gasteiger partial charge in [0.05, 0.1) is 0 Å². The van der Waals surface area contributed by atoms with E-state index < -0.39 is 0 Å². The largest absolute Gasteiger partial charge is 0.310 e. The van der Waals surface area contributed by atoms with Crippen molar-refractivity contribution in [3.63, 3.8) is 0 Å². The monoisotopic (exact) mass is 246 g/mol. The van der Waals surface area contributed by atoms with Crippen LogP contribution in [0.1, 0.15) is 63.1 Å². The molecular weight excluding hydrogens is 220 g/mol. The van der Waals surface area contributed by atoms with Crippen LogP contribution in [0.15, 0.2) is 18.5 Å². The van der Waals surface area contributed by atoms with Gasteiger partial charge in [-0.15, -0.1) is 0 Å². The molecule has 1 unspecified atom stereocenters. The fourth-order valence-electron chi connectivity index (χ4n) is 2.57. The molecule has 1 N–H and O–H groups in total. The van der Waals surface area contributed by atoms with Gasteiger partial charge in [0.2, 0.25) is 0 Å². The maximum atomic E-state index is 4.26. The normalized spacial score (nSPS) is 16.8. The van der Waals surface area contributed by atoms with E-state index in [1.54, 1.807) is 0 Å². The smallest absolute Gasteiger partial charge is 0.0324 e. The summed E-state index contributed by atoms with van der Waals surface area (Å²) >= 11 is 0. The molecule has 0 aromatic carbocycles. The van der Waals surface area contributed by atoms with Gasteiger partial charge in [0.25, 0.3) is 0 Å². The molecule has 0 amide bonds. The van der Waals surface area contributed by atoms with Crippen LogP contribution in [0.25, 0.3) is 0 Å². The van der Waals surface area contributed by atoms with Gasteiger partial charge in [0, 0.05) is 18.4 Å². The number of hydrogen-bond donors (Lipinski definition) is 1. The van der Waals surface area contributed by atoms with E-state index in [-0.39, 0.29) is 0 Å². The number of hydrogen-bond acceptors (Lipinski definition) is 2. The lowest BCUT2D eigenvalue weighted by Gasteiger charge is -2.21. The maximum Gasteiger partial charge on any atom is 0.0324 e. The topological polar surface area (TPSA) is 24.9 Å². The van der Waals surface area contributed by atoms with Crippen molar-refractivity contribution in [1.82, 2.24) is 10.3 Å². The molecule has 2 nitrogen and oxygen atoms in total. The van der Waals surface area contributed by atoms with Crippen LogP contribution in [0.3, 0.4) is 0 Å². The van der Waals surface area contributed by atoms with Gasteiger partial charge in [-0.3, -0.25) is 4.98 Å². The van der Waals surface area contributed by atoms with Crippen LogP contribution in [-0.4, -0.2) is 11.5 Å². The van der Waals surface area contributed by atoms with E-state index in [2.05, 4.69) is 30.2 Å². The van der Waals surface area contributed by atoms with E-state index in [1.165, 1.54) is 43.2 Å². The number of aryl methyl sites for hydroxylation is 1. The van der Waals surface area contributed by atoms with Gasteiger partial charge in [-0.05, 0) is 55.3 Å². The Hall–Kier alpha value is -0.890. The van der Waals surface area contributed by atoms with Crippen molar-refractivity contribution in [3.8, 4) is 0 Å². The number of aromatic nitrogens is 1. The molecule has 0 saturated heterocycles. The van der Waals surface area contributed by atoms with Crippen molar-refractivity contribution >= 4 is 0 Å². The molecule has 1 aliphatic rings. The summed E-state index contributed by atoms with van der Waals surface area (Å²) in [6, 6.07) is 2.74. The third-order valence-corrected chi connectivity index (χ3v) is 3.90. The molecule has 1 atom stereocenters. The van der Waals surface area contributed by atoms with Gasteiger partial charge >= 0.3 is 0 Å². The lowest BCUT2D eigenvalue weighted by molar-refractivity contribution is 0.467. The van der Waals surface area contributed by atoms with E-state index in [1.807, 2.05) is 12.4 Å². The zero-order valence-corrected chi connectivity index (χ0v) is 11.8. The molecule has 2 heteroatoms. The van der Waals surface area contributed by atoms with Crippen LogP contribution in [-0.2, 0) is 6.42 Å². The Morgan fingerprint density at radius 1 is 1.39 bits per heavy atom. The number of nitrogens with one attached hydrogen (secondary N) is 1. The molecule has 1 aromatic rings. The minimum Gasteiger partial charge on any atom is -0.310 e. The Morgan fingerprint density at radius 2 is 2.22 bits per heavy atom. The Balaban J connectivity index is 2.04. The number of nitrogens with zero attached hydrogens (tertiary/aromatic N) is 1. The maximum absolute atomic E-state index is 4.26. The van der Waals surface area contributed by atoms with E-state index >= 15 is 0 Å². The molecule has 1 saturated carbocycles. The first-order valence-corrected chi connectivity index (χ1v) is 7.51. The van der Waals surface area contributed by atoms with Gasteiger partial charge in [-0.1, -0.05) is 26.7 Å². The third kappa shape index (κ3) is 3.81. The summed E-state index contributed by atoms with van der Waals surface area (Å²) in [5, 5.41) is 3.72. The summed E-state index contributed by atoms with van der Waals surface area (Å²) in [5.74, 6) is 1.02. The summed E-state index contributed by atoms with van der Waals surface area (Å²) in [6.07, 6.45) is 11.8. The molecule has 1 aromatic heterocycles.